The van der Waals surface area contributed by atoms with Crippen molar-refractivity contribution in [2.24, 2.45) is 11.8 Å². The van der Waals surface area contributed by atoms with Crippen molar-refractivity contribution in [2.75, 3.05) is 59.3 Å². The Morgan fingerprint density at radius 1 is 1.07 bits per heavy atom. The summed E-state index contributed by atoms with van der Waals surface area (Å²) in [7, 11) is 5.81. The van der Waals surface area contributed by atoms with E-state index in [0.29, 0.717) is 43.1 Å². The van der Waals surface area contributed by atoms with E-state index in [9.17, 15) is 19.5 Å². The zero-order valence-corrected chi connectivity index (χ0v) is 28.6. The van der Waals surface area contributed by atoms with Crippen molar-refractivity contribution in [3.05, 3.63) is 23.8 Å². The van der Waals surface area contributed by atoms with Gasteiger partial charge in [-0.3, -0.25) is 14.4 Å². The van der Waals surface area contributed by atoms with Crippen molar-refractivity contribution in [2.45, 2.75) is 103 Å². The van der Waals surface area contributed by atoms with Gasteiger partial charge in [-0.15, -0.1) is 0 Å². The molecule has 1 saturated carbocycles. The number of hydrogen-bond donors (Lipinski definition) is 2. The minimum Gasteiger partial charge on any atom is -0.490 e. The van der Waals surface area contributed by atoms with Gasteiger partial charge < -0.3 is 34.6 Å². The average Bonchev–Trinajstić information content (AvgIpc) is 3.02. The number of hydrogen-bond acceptors (Lipinski definition) is 7. The molecule has 10 nitrogen and oxygen atoms in total. The number of anilines is 1. The predicted octanol–water partition coefficient (Wildman–Crippen LogP) is 4.80. The Kier molecular flexibility index (Phi) is 15.1. The summed E-state index contributed by atoms with van der Waals surface area (Å²) in [5.41, 5.74) is 0.877. The molecule has 0 unspecified atom stereocenters. The number of carbonyl (C=O) groups is 3. The van der Waals surface area contributed by atoms with Crippen LogP contribution in [-0.2, 0) is 14.3 Å². The van der Waals surface area contributed by atoms with E-state index in [1.54, 1.807) is 23.1 Å². The first kappa shape index (κ1) is 36.8. The van der Waals surface area contributed by atoms with Crippen molar-refractivity contribution in [1.29, 1.82) is 0 Å². The van der Waals surface area contributed by atoms with E-state index >= 15 is 0 Å². The van der Waals surface area contributed by atoms with E-state index in [2.05, 4.69) is 5.32 Å². The monoisotopic (exact) mass is 630 g/mol. The molecule has 0 aromatic heterocycles. The molecule has 1 aromatic rings. The van der Waals surface area contributed by atoms with Crippen LogP contribution in [0, 0.1) is 11.8 Å². The van der Waals surface area contributed by atoms with Crippen LogP contribution < -0.4 is 10.1 Å². The smallest absolute Gasteiger partial charge is 0.258 e. The van der Waals surface area contributed by atoms with Crippen LogP contribution in [0.25, 0.3) is 0 Å². The third-order valence-electron chi connectivity index (χ3n) is 9.13. The van der Waals surface area contributed by atoms with Gasteiger partial charge in [0.25, 0.3) is 5.91 Å². The first-order chi connectivity index (χ1) is 21.5. The Morgan fingerprint density at radius 3 is 2.47 bits per heavy atom. The second-order valence-electron chi connectivity index (χ2n) is 13.5. The fourth-order valence-electron chi connectivity index (χ4n) is 6.26. The van der Waals surface area contributed by atoms with E-state index in [1.807, 2.05) is 51.7 Å². The maximum atomic E-state index is 14.3. The summed E-state index contributed by atoms with van der Waals surface area (Å²) < 4.78 is 12.7. The largest absolute Gasteiger partial charge is 0.490 e. The lowest BCUT2D eigenvalue weighted by molar-refractivity contribution is -0.138. The molecule has 1 heterocycles. The number of nitrogens with zero attached hydrogens (tertiary/aromatic N) is 3. The molecule has 0 saturated heterocycles. The molecule has 2 aliphatic rings. The summed E-state index contributed by atoms with van der Waals surface area (Å²) in [6.45, 7) is 7.80. The van der Waals surface area contributed by atoms with Crippen LogP contribution in [0.5, 0.6) is 5.75 Å². The minimum absolute atomic E-state index is 0.0747. The third-order valence-corrected chi connectivity index (χ3v) is 9.13. The standard InChI is InChI=1S/C35H58N4O6/c1-25-22-39(26(2)24-40)35(43)30-21-29(36-33(41)16-12-19-37(4)5)17-18-31(30)45-27(3)13-10-11-20-44-32(25)23-38(6)34(42)28-14-8-7-9-15-28/h17-18,21,25-28,32,40H,7-16,19-20,22-24H2,1-6H3,(H,36,41)/t25-,26+,27-,32-/m1/s1. The second-order valence-corrected chi connectivity index (χ2v) is 13.5. The Bertz CT molecular complexity index is 1090. The molecule has 254 valence electrons. The van der Waals surface area contributed by atoms with Crippen LogP contribution in [0.15, 0.2) is 18.2 Å². The van der Waals surface area contributed by atoms with Crippen molar-refractivity contribution >= 4 is 23.4 Å². The number of carbonyl (C=O) groups excluding carboxylic acids is 3. The molecule has 0 spiro atoms. The number of fused-ring (bicyclic) bond motifs is 1. The van der Waals surface area contributed by atoms with Gasteiger partial charge in [-0.1, -0.05) is 26.2 Å². The van der Waals surface area contributed by atoms with Crippen LogP contribution in [0.1, 0.15) is 95.3 Å². The molecule has 3 rings (SSSR count). The molecule has 2 N–H and O–H groups in total. The van der Waals surface area contributed by atoms with Gasteiger partial charge in [0.2, 0.25) is 11.8 Å². The van der Waals surface area contributed by atoms with Gasteiger partial charge in [-0.25, -0.2) is 0 Å². The quantitative estimate of drug-likeness (QED) is 0.382. The SMILES string of the molecule is C[C@@H]1CCCCO[C@H](CN(C)C(=O)C2CCCCC2)[C@H](C)CN([C@@H](C)CO)C(=O)c2cc(NC(=O)CCCN(C)C)ccc2O1. The summed E-state index contributed by atoms with van der Waals surface area (Å²) in [5.74, 6) is 0.208. The molecule has 3 amide bonds. The summed E-state index contributed by atoms with van der Waals surface area (Å²) in [6.07, 6.45) is 8.53. The zero-order valence-electron chi connectivity index (χ0n) is 28.6. The number of aliphatic hydroxyl groups excluding tert-OH is 1. The van der Waals surface area contributed by atoms with Crippen LogP contribution in [0.2, 0.25) is 0 Å². The lowest BCUT2D eigenvalue weighted by atomic mass is 9.88. The Labute approximate surface area is 270 Å². The van der Waals surface area contributed by atoms with Gasteiger partial charge in [-0.05, 0) is 91.2 Å². The number of nitrogens with one attached hydrogen (secondary N) is 1. The van der Waals surface area contributed by atoms with Gasteiger partial charge in [0.05, 0.1) is 30.4 Å². The third kappa shape index (κ3) is 11.6. The Balaban J connectivity index is 1.87. The van der Waals surface area contributed by atoms with Crippen LogP contribution in [0.4, 0.5) is 5.69 Å². The minimum atomic E-state index is -0.468. The lowest BCUT2D eigenvalue weighted by Crippen LogP contribution is -2.48. The Hall–Kier alpha value is -2.69. The van der Waals surface area contributed by atoms with E-state index in [-0.39, 0.29) is 48.4 Å². The first-order valence-corrected chi connectivity index (χ1v) is 17.0. The fraction of sp³-hybridized carbons (Fsp3) is 0.743. The molecule has 45 heavy (non-hydrogen) atoms. The number of benzene rings is 1. The number of ether oxygens (including phenoxy) is 2. The van der Waals surface area contributed by atoms with Gasteiger partial charge in [0, 0.05) is 50.7 Å². The van der Waals surface area contributed by atoms with Gasteiger partial charge in [0.15, 0.2) is 0 Å². The topological polar surface area (TPSA) is 112 Å². The molecular weight excluding hydrogens is 572 g/mol. The van der Waals surface area contributed by atoms with Gasteiger partial charge >= 0.3 is 0 Å². The highest BCUT2D eigenvalue weighted by atomic mass is 16.5. The molecule has 1 fully saturated rings. The molecule has 0 radical (unpaired) electrons. The second kappa shape index (κ2) is 18.5. The summed E-state index contributed by atoms with van der Waals surface area (Å²) in [4.78, 5) is 45.8. The van der Waals surface area contributed by atoms with Gasteiger partial charge in [0.1, 0.15) is 5.75 Å². The summed E-state index contributed by atoms with van der Waals surface area (Å²) in [6, 6.07) is 4.75. The summed E-state index contributed by atoms with van der Waals surface area (Å²) >= 11 is 0. The van der Waals surface area contributed by atoms with E-state index in [4.69, 9.17) is 9.47 Å². The van der Waals surface area contributed by atoms with E-state index in [1.165, 1.54) is 6.42 Å². The highest BCUT2D eigenvalue weighted by Gasteiger charge is 2.32. The Morgan fingerprint density at radius 2 is 1.78 bits per heavy atom. The van der Waals surface area contributed by atoms with Crippen LogP contribution in [-0.4, -0.2) is 110 Å². The normalized spacial score (nSPS) is 23.1. The first-order valence-electron chi connectivity index (χ1n) is 17.0. The van der Waals surface area contributed by atoms with E-state index in [0.717, 1.165) is 57.9 Å². The van der Waals surface area contributed by atoms with Crippen molar-refractivity contribution in [3.8, 4) is 5.75 Å². The zero-order chi connectivity index (χ0) is 32.9. The maximum Gasteiger partial charge on any atom is 0.258 e. The maximum absolute atomic E-state index is 14.3. The molecular formula is C35H58N4O6. The summed E-state index contributed by atoms with van der Waals surface area (Å²) in [5, 5.41) is 13.2. The predicted molar refractivity (Wildman–Crippen MR) is 178 cm³/mol. The number of rotatable bonds is 10. The van der Waals surface area contributed by atoms with Crippen molar-refractivity contribution in [3.63, 3.8) is 0 Å². The van der Waals surface area contributed by atoms with Crippen LogP contribution >= 0.6 is 0 Å². The molecule has 1 aliphatic heterocycles. The highest BCUT2D eigenvalue weighted by Crippen LogP contribution is 2.29. The van der Waals surface area contributed by atoms with Crippen molar-refractivity contribution < 1.29 is 29.0 Å². The molecule has 10 heteroatoms. The fourth-order valence-corrected chi connectivity index (χ4v) is 6.26. The molecule has 0 bridgehead atoms. The van der Waals surface area contributed by atoms with Gasteiger partial charge in [-0.2, -0.15) is 0 Å². The number of likely N-dealkylation sites (N-methyl/N-ethyl adjacent to an activating group) is 1. The van der Waals surface area contributed by atoms with E-state index < -0.39 is 6.04 Å². The lowest BCUT2D eigenvalue weighted by Gasteiger charge is -2.36. The van der Waals surface area contributed by atoms with Crippen LogP contribution in [0.3, 0.4) is 0 Å². The average molecular weight is 631 g/mol. The molecule has 1 aliphatic carbocycles. The van der Waals surface area contributed by atoms with Crippen molar-refractivity contribution in [1.82, 2.24) is 14.7 Å². The molecule has 1 aromatic carbocycles. The highest BCUT2D eigenvalue weighted by molar-refractivity contribution is 5.99. The molecule has 4 atom stereocenters. The number of aliphatic hydroxyl groups is 1. The number of amides is 3.